The molecule has 0 saturated heterocycles. The van der Waals surface area contributed by atoms with Gasteiger partial charge in [-0.1, -0.05) is 50.1 Å². The summed E-state index contributed by atoms with van der Waals surface area (Å²) in [6.45, 7) is 2.12. The summed E-state index contributed by atoms with van der Waals surface area (Å²) in [6.07, 6.45) is 1.46. The monoisotopic (exact) mass is 279 g/mol. The lowest BCUT2D eigenvalue weighted by molar-refractivity contribution is -0.142. The smallest absolute Gasteiger partial charge is 0.410 e. The van der Waals surface area contributed by atoms with Crippen LogP contribution in [0.2, 0.25) is 0 Å². The van der Waals surface area contributed by atoms with E-state index in [1.807, 2.05) is 37.3 Å². The molecule has 1 atom stereocenters. The van der Waals surface area contributed by atoms with Crippen molar-refractivity contribution in [1.82, 2.24) is 4.90 Å². The van der Waals surface area contributed by atoms with Crippen molar-refractivity contribution in [2.75, 3.05) is 7.05 Å². The molecule has 0 fully saturated rings. The minimum absolute atomic E-state index is 0.143. The highest BCUT2D eigenvalue weighted by molar-refractivity contribution is 5.79. The lowest BCUT2D eigenvalue weighted by Crippen LogP contribution is -2.42. The van der Waals surface area contributed by atoms with Crippen molar-refractivity contribution >= 4 is 12.1 Å². The lowest BCUT2D eigenvalue weighted by Gasteiger charge is -2.24. The molecule has 110 valence electrons. The van der Waals surface area contributed by atoms with Crippen molar-refractivity contribution < 1.29 is 19.4 Å². The number of hydrogen-bond donors (Lipinski definition) is 1. The number of carboxylic acid groups (broad SMARTS) is 1. The zero-order valence-corrected chi connectivity index (χ0v) is 11.9. The van der Waals surface area contributed by atoms with Gasteiger partial charge in [-0.25, -0.2) is 9.59 Å². The third kappa shape index (κ3) is 4.91. The number of amides is 1. The maximum absolute atomic E-state index is 11.9. The Labute approximate surface area is 119 Å². The van der Waals surface area contributed by atoms with E-state index in [4.69, 9.17) is 9.84 Å². The van der Waals surface area contributed by atoms with Crippen molar-refractivity contribution in [1.29, 1.82) is 0 Å². The van der Waals surface area contributed by atoms with Gasteiger partial charge in [0.15, 0.2) is 0 Å². The number of carbonyl (C=O) groups is 2. The third-order valence-corrected chi connectivity index (χ3v) is 3.08. The van der Waals surface area contributed by atoms with Crippen LogP contribution in [0.4, 0.5) is 4.79 Å². The highest BCUT2D eigenvalue weighted by Crippen LogP contribution is 2.10. The highest BCUT2D eigenvalue weighted by Gasteiger charge is 2.26. The first kappa shape index (κ1) is 16.0. The summed E-state index contributed by atoms with van der Waals surface area (Å²) < 4.78 is 5.12. The van der Waals surface area contributed by atoms with Gasteiger partial charge in [0.2, 0.25) is 0 Å². The summed E-state index contributed by atoms with van der Waals surface area (Å²) >= 11 is 0. The standard InChI is InChI=1S/C15H21NO4/c1-3-4-10-13(14(17)18)16(2)15(19)20-11-12-8-6-5-7-9-12/h5-9,13H,3-4,10-11H2,1-2H3,(H,17,18)/t13-/m0/s1. The molecule has 5 nitrogen and oxygen atoms in total. The van der Waals surface area contributed by atoms with Crippen molar-refractivity contribution in [3.05, 3.63) is 35.9 Å². The number of unbranched alkanes of at least 4 members (excludes halogenated alkanes) is 1. The maximum atomic E-state index is 11.9. The Morgan fingerprint density at radius 2 is 1.95 bits per heavy atom. The van der Waals surface area contributed by atoms with E-state index in [0.717, 1.165) is 23.3 Å². The summed E-state index contributed by atoms with van der Waals surface area (Å²) in [6, 6.07) is 8.45. The largest absolute Gasteiger partial charge is 0.480 e. The minimum Gasteiger partial charge on any atom is -0.480 e. The molecule has 0 saturated carbocycles. The molecule has 0 aromatic heterocycles. The van der Waals surface area contributed by atoms with Gasteiger partial charge in [-0.2, -0.15) is 0 Å². The summed E-state index contributed by atoms with van der Waals surface area (Å²) in [4.78, 5) is 24.2. The van der Waals surface area contributed by atoms with E-state index >= 15 is 0 Å². The predicted molar refractivity (Wildman–Crippen MR) is 75.3 cm³/mol. The lowest BCUT2D eigenvalue weighted by atomic mass is 10.1. The van der Waals surface area contributed by atoms with Crippen LogP contribution in [0.25, 0.3) is 0 Å². The van der Waals surface area contributed by atoms with Crippen molar-refractivity contribution in [2.24, 2.45) is 0 Å². The van der Waals surface area contributed by atoms with Gasteiger partial charge in [-0.05, 0) is 12.0 Å². The molecule has 0 aliphatic carbocycles. The van der Waals surface area contributed by atoms with Gasteiger partial charge in [-0.3, -0.25) is 4.90 Å². The summed E-state index contributed by atoms with van der Waals surface area (Å²) in [5.74, 6) is -1.00. The third-order valence-electron chi connectivity index (χ3n) is 3.08. The van der Waals surface area contributed by atoms with E-state index in [-0.39, 0.29) is 6.61 Å². The molecule has 1 aromatic carbocycles. The number of nitrogens with zero attached hydrogens (tertiary/aromatic N) is 1. The fourth-order valence-corrected chi connectivity index (χ4v) is 1.83. The van der Waals surface area contributed by atoms with Crippen LogP contribution in [0.1, 0.15) is 31.7 Å². The fourth-order valence-electron chi connectivity index (χ4n) is 1.83. The minimum atomic E-state index is -1.00. The van der Waals surface area contributed by atoms with E-state index in [0.29, 0.717) is 6.42 Å². The maximum Gasteiger partial charge on any atom is 0.410 e. The van der Waals surface area contributed by atoms with E-state index in [1.165, 1.54) is 7.05 Å². The fraction of sp³-hybridized carbons (Fsp3) is 0.467. The van der Waals surface area contributed by atoms with Gasteiger partial charge in [-0.15, -0.1) is 0 Å². The molecule has 20 heavy (non-hydrogen) atoms. The van der Waals surface area contributed by atoms with Gasteiger partial charge in [0.25, 0.3) is 0 Å². The molecule has 0 bridgehead atoms. The zero-order chi connectivity index (χ0) is 15.0. The van der Waals surface area contributed by atoms with E-state index in [9.17, 15) is 9.59 Å². The Balaban J connectivity index is 2.53. The van der Waals surface area contributed by atoms with Gasteiger partial charge in [0.1, 0.15) is 12.6 Å². The van der Waals surface area contributed by atoms with Crippen LogP contribution in [0.5, 0.6) is 0 Å². The molecule has 1 N–H and O–H groups in total. The van der Waals surface area contributed by atoms with Gasteiger partial charge in [0, 0.05) is 7.05 Å². The zero-order valence-electron chi connectivity index (χ0n) is 11.9. The second-order valence-electron chi connectivity index (χ2n) is 4.65. The van der Waals surface area contributed by atoms with E-state index < -0.39 is 18.1 Å². The van der Waals surface area contributed by atoms with Gasteiger partial charge < -0.3 is 9.84 Å². The highest BCUT2D eigenvalue weighted by atomic mass is 16.6. The van der Waals surface area contributed by atoms with Gasteiger partial charge in [0.05, 0.1) is 0 Å². The number of carbonyl (C=O) groups excluding carboxylic acids is 1. The number of hydrogen-bond acceptors (Lipinski definition) is 3. The van der Waals surface area contributed by atoms with Crippen LogP contribution in [0.3, 0.4) is 0 Å². The molecule has 0 aliphatic heterocycles. The van der Waals surface area contributed by atoms with E-state index in [1.54, 1.807) is 0 Å². The Morgan fingerprint density at radius 1 is 1.30 bits per heavy atom. The summed E-state index contributed by atoms with van der Waals surface area (Å²) in [5.41, 5.74) is 0.870. The van der Waals surface area contributed by atoms with Crippen LogP contribution in [0, 0.1) is 0 Å². The van der Waals surface area contributed by atoms with Crippen LogP contribution in [0.15, 0.2) is 30.3 Å². The molecule has 0 spiro atoms. The van der Waals surface area contributed by atoms with Crippen molar-refractivity contribution in [2.45, 2.75) is 38.8 Å². The van der Waals surface area contributed by atoms with Crippen LogP contribution in [-0.4, -0.2) is 35.2 Å². The second-order valence-corrected chi connectivity index (χ2v) is 4.65. The molecular weight excluding hydrogens is 258 g/mol. The number of ether oxygens (including phenoxy) is 1. The number of aliphatic carboxylic acids is 1. The Bertz CT molecular complexity index is 433. The Morgan fingerprint density at radius 3 is 2.50 bits per heavy atom. The molecule has 1 amide bonds. The van der Waals surface area contributed by atoms with Crippen molar-refractivity contribution in [3.8, 4) is 0 Å². The molecule has 1 aromatic rings. The molecule has 0 unspecified atom stereocenters. The number of carboxylic acids is 1. The van der Waals surface area contributed by atoms with E-state index in [2.05, 4.69) is 0 Å². The SMILES string of the molecule is CCCC[C@@H](C(=O)O)N(C)C(=O)OCc1ccccc1. The normalized spacial score (nSPS) is 11.7. The average molecular weight is 279 g/mol. The first-order chi connectivity index (χ1) is 9.56. The first-order valence-electron chi connectivity index (χ1n) is 6.72. The molecule has 1 rings (SSSR count). The van der Waals surface area contributed by atoms with Crippen LogP contribution in [-0.2, 0) is 16.1 Å². The van der Waals surface area contributed by atoms with Crippen molar-refractivity contribution in [3.63, 3.8) is 0 Å². The number of rotatable bonds is 7. The predicted octanol–water partition coefficient (Wildman–Crippen LogP) is 2.90. The quantitative estimate of drug-likeness (QED) is 0.833. The molecule has 5 heteroatoms. The first-order valence-corrected chi connectivity index (χ1v) is 6.72. The Hall–Kier alpha value is -2.04. The molecule has 0 radical (unpaired) electrons. The summed E-state index contributed by atoms with van der Waals surface area (Å²) in [7, 11) is 1.46. The van der Waals surface area contributed by atoms with Gasteiger partial charge >= 0.3 is 12.1 Å². The molecule has 0 aliphatic rings. The summed E-state index contributed by atoms with van der Waals surface area (Å²) in [5, 5.41) is 9.15. The number of likely N-dealkylation sites (N-methyl/N-ethyl adjacent to an activating group) is 1. The second kappa shape index (κ2) is 8.19. The van der Waals surface area contributed by atoms with Crippen LogP contribution >= 0.6 is 0 Å². The average Bonchev–Trinajstić information content (AvgIpc) is 2.45. The topological polar surface area (TPSA) is 66.8 Å². The van der Waals surface area contributed by atoms with Crippen LogP contribution < -0.4 is 0 Å². The molecular formula is C15H21NO4. The number of benzene rings is 1. The molecule has 0 heterocycles. The Kier molecular flexibility index (Phi) is 6.56.